The topological polar surface area (TPSA) is 0 Å². The predicted molar refractivity (Wildman–Crippen MR) is 96.1 cm³/mol. The van der Waals surface area contributed by atoms with Crippen LogP contribution in [-0.2, 0) is 12.3 Å². The van der Waals surface area contributed by atoms with E-state index in [2.05, 4.69) is 20.8 Å². The molecule has 4 heteroatoms. The minimum absolute atomic E-state index is 0.117. The van der Waals surface area contributed by atoms with Crippen LogP contribution in [0.4, 0.5) is 17.6 Å². The summed E-state index contributed by atoms with van der Waals surface area (Å²) in [5.74, 6) is -6.08. The highest BCUT2D eigenvalue weighted by Gasteiger charge is 2.58. The van der Waals surface area contributed by atoms with Gasteiger partial charge in [0.15, 0.2) is 11.6 Å². The van der Waals surface area contributed by atoms with Crippen molar-refractivity contribution < 1.29 is 17.6 Å². The van der Waals surface area contributed by atoms with Crippen molar-refractivity contribution in [3.05, 3.63) is 34.9 Å². The molecule has 26 heavy (non-hydrogen) atoms. The Bertz CT molecular complexity index is 676. The van der Waals surface area contributed by atoms with Gasteiger partial charge in [0.25, 0.3) is 5.92 Å². The quantitative estimate of drug-likeness (QED) is 0.487. The van der Waals surface area contributed by atoms with Crippen molar-refractivity contribution in [3.8, 4) is 0 Å². The van der Waals surface area contributed by atoms with Crippen LogP contribution in [0, 0.1) is 40.2 Å². The molecule has 1 saturated carbocycles. The molecule has 0 aliphatic heterocycles. The monoisotopic (exact) mass is 370 g/mol. The summed E-state index contributed by atoms with van der Waals surface area (Å²) in [4.78, 5) is 0. The maximum absolute atomic E-state index is 15.2. The average Bonchev–Trinajstić information content (AvgIpc) is 2.82. The molecule has 0 saturated heterocycles. The third-order valence-electron chi connectivity index (χ3n) is 7.28. The Balaban J connectivity index is 1.84. The van der Waals surface area contributed by atoms with Gasteiger partial charge in [0.2, 0.25) is 0 Å². The summed E-state index contributed by atoms with van der Waals surface area (Å²) >= 11 is 0. The first-order valence-corrected chi connectivity index (χ1v) is 9.72. The van der Waals surface area contributed by atoms with Gasteiger partial charge in [-0.2, -0.15) is 0 Å². The van der Waals surface area contributed by atoms with Crippen LogP contribution in [0.5, 0.6) is 0 Å². The van der Waals surface area contributed by atoms with E-state index in [-0.39, 0.29) is 23.3 Å². The summed E-state index contributed by atoms with van der Waals surface area (Å²) in [5.41, 5.74) is -0.841. The summed E-state index contributed by atoms with van der Waals surface area (Å²) in [6, 6.07) is 2.29. The fraction of sp³-hybridized carbons (Fsp3) is 0.727. The highest BCUT2D eigenvalue weighted by atomic mass is 19.3. The number of fused-ring (bicyclic) bond motifs is 1. The van der Waals surface area contributed by atoms with E-state index in [0.29, 0.717) is 5.92 Å². The number of hydrogen-bond donors (Lipinski definition) is 0. The predicted octanol–water partition coefficient (Wildman–Crippen LogP) is 7.11. The second-order valence-electron chi connectivity index (χ2n) is 10.0. The van der Waals surface area contributed by atoms with Crippen LogP contribution in [0.25, 0.3) is 0 Å². The molecule has 1 aromatic carbocycles. The highest BCUT2D eigenvalue weighted by Crippen LogP contribution is 2.58. The zero-order valence-electron chi connectivity index (χ0n) is 16.4. The fourth-order valence-electron chi connectivity index (χ4n) is 5.36. The van der Waals surface area contributed by atoms with Gasteiger partial charge in [-0.15, -0.1) is 0 Å². The first-order chi connectivity index (χ1) is 11.9. The Morgan fingerprint density at radius 1 is 0.885 bits per heavy atom. The van der Waals surface area contributed by atoms with E-state index in [1.165, 1.54) is 6.07 Å². The van der Waals surface area contributed by atoms with Gasteiger partial charge in [-0.1, -0.05) is 40.7 Å². The van der Waals surface area contributed by atoms with Crippen LogP contribution in [0.1, 0.15) is 71.4 Å². The second-order valence-corrected chi connectivity index (χ2v) is 10.0. The van der Waals surface area contributed by atoms with Crippen molar-refractivity contribution in [1.82, 2.24) is 0 Å². The van der Waals surface area contributed by atoms with Gasteiger partial charge in [-0.05, 0) is 66.4 Å². The lowest BCUT2D eigenvalue weighted by molar-refractivity contribution is -0.120. The van der Waals surface area contributed by atoms with Gasteiger partial charge < -0.3 is 0 Å². The summed E-state index contributed by atoms with van der Waals surface area (Å²) in [7, 11) is 0. The smallest absolute Gasteiger partial charge is 0.204 e. The Labute approximate surface area is 154 Å². The Morgan fingerprint density at radius 3 is 1.96 bits per heavy atom. The van der Waals surface area contributed by atoms with Crippen molar-refractivity contribution in [2.45, 2.75) is 72.6 Å². The Kier molecular flexibility index (Phi) is 4.73. The molecule has 2 aliphatic carbocycles. The molecule has 2 aliphatic rings. The molecule has 0 nitrogen and oxygen atoms in total. The van der Waals surface area contributed by atoms with Crippen molar-refractivity contribution in [3.63, 3.8) is 0 Å². The minimum Gasteiger partial charge on any atom is -0.204 e. The number of halogens is 4. The lowest BCUT2D eigenvalue weighted by Crippen LogP contribution is -2.42. The molecule has 1 atom stereocenters. The number of benzene rings is 1. The van der Waals surface area contributed by atoms with Crippen molar-refractivity contribution in [1.29, 1.82) is 0 Å². The maximum Gasteiger partial charge on any atom is 0.280 e. The summed E-state index contributed by atoms with van der Waals surface area (Å²) in [6.45, 7) is 10.5. The standard InChI is InChI=1S/C22H30F4/c1-20(2,3)14-7-9-15(10-8-14)21(4,5)17-12-13-6-11-16(23)19(24)18(13)22(17,25)26/h6,11,14-15,17H,7-10,12H2,1-5H3. The Morgan fingerprint density at radius 2 is 1.42 bits per heavy atom. The SMILES string of the molecule is CC(C)(C)C1CCC(C(C)(C)C2Cc3ccc(F)c(F)c3C2(F)F)CC1. The van der Waals surface area contributed by atoms with E-state index in [1.807, 2.05) is 13.8 Å². The molecule has 3 rings (SSSR count). The highest BCUT2D eigenvalue weighted by molar-refractivity contribution is 5.39. The van der Waals surface area contributed by atoms with Gasteiger partial charge >= 0.3 is 0 Å². The number of hydrogen-bond acceptors (Lipinski definition) is 0. The fourth-order valence-corrected chi connectivity index (χ4v) is 5.36. The Hall–Kier alpha value is -1.06. The van der Waals surface area contributed by atoms with Crippen molar-refractivity contribution in [2.75, 3.05) is 0 Å². The van der Waals surface area contributed by atoms with Gasteiger partial charge in [0.05, 0.1) is 5.56 Å². The molecule has 0 aromatic heterocycles. The van der Waals surface area contributed by atoms with Crippen molar-refractivity contribution >= 4 is 0 Å². The molecule has 0 bridgehead atoms. The molecular formula is C22H30F4. The van der Waals surface area contributed by atoms with E-state index in [1.54, 1.807) is 0 Å². The van der Waals surface area contributed by atoms with E-state index in [0.717, 1.165) is 31.7 Å². The normalized spacial score (nSPS) is 28.9. The van der Waals surface area contributed by atoms with Crippen LogP contribution in [0.3, 0.4) is 0 Å². The first-order valence-electron chi connectivity index (χ1n) is 9.72. The van der Waals surface area contributed by atoms with Crippen LogP contribution in [0.2, 0.25) is 0 Å². The molecule has 1 fully saturated rings. The number of alkyl halides is 2. The molecule has 1 aromatic rings. The maximum atomic E-state index is 15.2. The van der Waals surface area contributed by atoms with Crippen LogP contribution in [-0.4, -0.2) is 0 Å². The summed E-state index contributed by atoms with van der Waals surface area (Å²) in [5, 5.41) is 0. The molecule has 0 spiro atoms. The molecule has 0 heterocycles. The van der Waals surface area contributed by atoms with E-state index in [4.69, 9.17) is 0 Å². The summed E-state index contributed by atoms with van der Waals surface area (Å²) in [6.07, 6.45) is 4.06. The largest absolute Gasteiger partial charge is 0.280 e. The zero-order valence-corrected chi connectivity index (χ0v) is 16.4. The van der Waals surface area contributed by atoms with Crippen LogP contribution >= 0.6 is 0 Å². The third kappa shape index (κ3) is 3.07. The van der Waals surface area contributed by atoms with Gasteiger partial charge in [0.1, 0.15) is 0 Å². The minimum atomic E-state index is -3.33. The van der Waals surface area contributed by atoms with Gasteiger partial charge in [-0.25, -0.2) is 17.6 Å². The van der Waals surface area contributed by atoms with Gasteiger partial charge in [0, 0.05) is 5.92 Å². The molecule has 1 unspecified atom stereocenters. The molecular weight excluding hydrogens is 340 g/mol. The van der Waals surface area contributed by atoms with Crippen LogP contribution in [0.15, 0.2) is 12.1 Å². The van der Waals surface area contributed by atoms with E-state index >= 15 is 8.78 Å². The lowest BCUT2D eigenvalue weighted by atomic mass is 9.59. The van der Waals surface area contributed by atoms with Crippen LogP contribution < -0.4 is 0 Å². The first kappa shape index (κ1) is 19.7. The third-order valence-corrected chi connectivity index (χ3v) is 7.28. The summed E-state index contributed by atoms with van der Waals surface area (Å²) < 4.78 is 58.0. The van der Waals surface area contributed by atoms with Gasteiger partial charge in [-0.3, -0.25) is 0 Å². The molecule has 0 amide bonds. The van der Waals surface area contributed by atoms with E-state index in [9.17, 15) is 8.78 Å². The zero-order chi connectivity index (χ0) is 19.5. The second kappa shape index (κ2) is 6.24. The lowest BCUT2D eigenvalue weighted by Gasteiger charge is -2.46. The molecule has 0 N–H and O–H groups in total. The molecule has 0 radical (unpaired) electrons. The molecule has 146 valence electrons. The number of rotatable bonds is 2. The van der Waals surface area contributed by atoms with E-state index < -0.39 is 34.5 Å². The average molecular weight is 370 g/mol. The van der Waals surface area contributed by atoms with Crippen molar-refractivity contribution in [2.24, 2.45) is 28.6 Å².